The van der Waals surface area contributed by atoms with Crippen LogP contribution >= 0.6 is 0 Å². The number of hydrogen-bond donors (Lipinski definition) is 0. The van der Waals surface area contributed by atoms with Crippen molar-refractivity contribution in [1.29, 1.82) is 0 Å². The molecule has 2 aromatic heterocycles. The van der Waals surface area contributed by atoms with Gasteiger partial charge in [-0.05, 0) is 26.0 Å². The van der Waals surface area contributed by atoms with Gasteiger partial charge in [0.1, 0.15) is 0 Å². The first-order valence-electron chi connectivity index (χ1n) is 7.12. The standard InChI is InChI=1S/C16H17N3O3/c1-10(2)22-14(20)8-11-9-19-13-7-5-4-6-12(13)17-16(19)18(3)15(11)21/h4-7,9-10H,8H2,1-3H3. The topological polar surface area (TPSA) is 65.6 Å². The first-order valence-corrected chi connectivity index (χ1v) is 7.12. The quantitative estimate of drug-likeness (QED) is 0.690. The summed E-state index contributed by atoms with van der Waals surface area (Å²) in [5.74, 6) is 0.142. The van der Waals surface area contributed by atoms with E-state index in [1.807, 2.05) is 28.7 Å². The van der Waals surface area contributed by atoms with Crippen molar-refractivity contribution in [3.63, 3.8) is 0 Å². The van der Waals surface area contributed by atoms with Crippen LogP contribution in [0.25, 0.3) is 16.8 Å². The van der Waals surface area contributed by atoms with E-state index in [0.717, 1.165) is 11.0 Å². The summed E-state index contributed by atoms with van der Waals surface area (Å²) in [4.78, 5) is 28.7. The van der Waals surface area contributed by atoms with Crippen LogP contribution in [0.15, 0.2) is 35.3 Å². The highest BCUT2D eigenvalue weighted by Crippen LogP contribution is 2.15. The minimum atomic E-state index is -0.407. The number of imidazole rings is 1. The normalized spacial score (nSPS) is 11.5. The molecule has 0 saturated carbocycles. The lowest BCUT2D eigenvalue weighted by Crippen LogP contribution is -2.26. The number of esters is 1. The van der Waals surface area contributed by atoms with Gasteiger partial charge in [0.15, 0.2) is 0 Å². The summed E-state index contributed by atoms with van der Waals surface area (Å²) in [7, 11) is 1.65. The van der Waals surface area contributed by atoms with Crippen LogP contribution in [0, 0.1) is 0 Å². The van der Waals surface area contributed by atoms with Gasteiger partial charge < -0.3 is 4.74 Å². The SMILES string of the molecule is CC(C)OC(=O)Cc1cn2c3ccccc3nc2n(C)c1=O. The van der Waals surface area contributed by atoms with Crippen LogP contribution in [0.5, 0.6) is 0 Å². The molecule has 1 aromatic carbocycles. The van der Waals surface area contributed by atoms with Crippen molar-refractivity contribution in [2.75, 3.05) is 0 Å². The van der Waals surface area contributed by atoms with Crippen LogP contribution in [0.2, 0.25) is 0 Å². The average Bonchev–Trinajstić information content (AvgIpc) is 2.82. The molecule has 3 aromatic rings. The summed E-state index contributed by atoms with van der Waals surface area (Å²) in [5, 5.41) is 0. The van der Waals surface area contributed by atoms with Gasteiger partial charge in [-0.2, -0.15) is 0 Å². The van der Waals surface area contributed by atoms with E-state index in [0.29, 0.717) is 11.3 Å². The summed E-state index contributed by atoms with van der Waals surface area (Å²) in [6, 6.07) is 7.62. The first-order chi connectivity index (χ1) is 10.5. The maximum absolute atomic E-state index is 12.4. The second-order valence-corrected chi connectivity index (χ2v) is 5.50. The lowest BCUT2D eigenvalue weighted by molar-refractivity contribution is -0.146. The van der Waals surface area contributed by atoms with Gasteiger partial charge in [0.2, 0.25) is 5.78 Å². The number of aromatic nitrogens is 3. The number of hydrogen-bond acceptors (Lipinski definition) is 4. The number of carbonyl (C=O) groups is 1. The molecule has 2 heterocycles. The van der Waals surface area contributed by atoms with Crippen LogP contribution < -0.4 is 5.56 Å². The summed E-state index contributed by atoms with van der Waals surface area (Å²) in [6.07, 6.45) is 1.43. The van der Waals surface area contributed by atoms with E-state index in [-0.39, 0.29) is 18.1 Å². The Bertz CT molecular complexity index is 921. The van der Waals surface area contributed by atoms with E-state index < -0.39 is 5.97 Å². The van der Waals surface area contributed by atoms with Gasteiger partial charge in [0, 0.05) is 18.8 Å². The molecule has 6 nitrogen and oxygen atoms in total. The Balaban J connectivity index is 2.15. The average molecular weight is 299 g/mol. The van der Waals surface area contributed by atoms with E-state index in [1.165, 1.54) is 4.57 Å². The molecule has 0 aliphatic carbocycles. The molecule has 3 rings (SSSR count). The summed E-state index contributed by atoms with van der Waals surface area (Å²) in [6.45, 7) is 3.56. The van der Waals surface area contributed by atoms with Crippen molar-refractivity contribution in [2.45, 2.75) is 26.4 Å². The molecule has 6 heteroatoms. The molecule has 0 saturated heterocycles. The number of rotatable bonds is 3. The molecule has 0 unspecified atom stereocenters. The molecule has 0 N–H and O–H groups in total. The van der Waals surface area contributed by atoms with Gasteiger partial charge in [-0.15, -0.1) is 0 Å². The maximum atomic E-state index is 12.4. The molecule has 0 fully saturated rings. The van der Waals surface area contributed by atoms with Crippen molar-refractivity contribution in [1.82, 2.24) is 14.0 Å². The lowest BCUT2D eigenvalue weighted by atomic mass is 10.2. The third-order valence-electron chi connectivity index (χ3n) is 3.44. The molecule has 0 amide bonds. The molecule has 22 heavy (non-hydrogen) atoms. The molecular weight excluding hydrogens is 282 g/mol. The Hall–Kier alpha value is -2.63. The minimum Gasteiger partial charge on any atom is -0.463 e. The zero-order valence-corrected chi connectivity index (χ0v) is 12.7. The Kier molecular flexibility index (Phi) is 3.44. The van der Waals surface area contributed by atoms with Crippen LogP contribution in [-0.2, 0) is 23.0 Å². The van der Waals surface area contributed by atoms with Crippen molar-refractivity contribution < 1.29 is 9.53 Å². The molecule has 0 aliphatic rings. The van der Waals surface area contributed by atoms with Gasteiger partial charge in [-0.3, -0.25) is 18.6 Å². The Labute approximate surface area is 127 Å². The molecule has 0 spiro atoms. The van der Waals surface area contributed by atoms with E-state index in [2.05, 4.69) is 4.98 Å². The van der Waals surface area contributed by atoms with Crippen molar-refractivity contribution in [3.05, 3.63) is 46.4 Å². The second-order valence-electron chi connectivity index (χ2n) is 5.50. The second kappa shape index (κ2) is 5.29. The van der Waals surface area contributed by atoms with Crippen LogP contribution in [0.3, 0.4) is 0 Å². The first kappa shape index (κ1) is 14.3. The van der Waals surface area contributed by atoms with E-state index in [1.54, 1.807) is 27.1 Å². The number of nitrogens with zero attached hydrogens (tertiary/aromatic N) is 3. The van der Waals surface area contributed by atoms with Gasteiger partial charge in [0.25, 0.3) is 5.56 Å². The fourth-order valence-corrected chi connectivity index (χ4v) is 2.49. The zero-order valence-electron chi connectivity index (χ0n) is 12.7. The number of fused-ring (bicyclic) bond motifs is 3. The monoisotopic (exact) mass is 299 g/mol. The number of benzene rings is 1. The molecular formula is C16H17N3O3. The highest BCUT2D eigenvalue weighted by Gasteiger charge is 2.15. The number of para-hydroxylation sites is 2. The van der Waals surface area contributed by atoms with Crippen molar-refractivity contribution in [2.24, 2.45) is 7.05 Å². The minimum absolute atomic E-state index is 0.0483. The Morgan fingerprint density at radius 2 is 2.05 bits per heavy atom. The van der Waals surface area contributed by atoms with Gasteiger partial charge in [-0.1, -0.05) is 12.1 Å². The predicted octanol–water partition coefficient (Wildman–Crippen LogP) is 1.68. The summed E-state index contributed by atoms with van der Waals surface area (Å²) < 4.78 is 8.40. The molecule has 0 radical (unpaired) electrons. The number of ether oxygens (including phenoxy) is 1. The molecule has 0 atom stereocenters. The van der Waals surface area contributed by atoms with Crippen molar-refractivity contribution in [3.8, 4) is 0 Å². The highest BCUT2D eigenvalue weighted by atomic mass is 16.5. The van der Waals surface area contributed by atoms with E-state index in [4.69, 9.17) is 4.74 Å². The molecule has 114 valence electrons. The third kappa shape index (κ3) is 2.36. The lowest BCUT2D eigenvalue weighted by Gasteiger charge is -2.09. The van der Waals surface area contributed by atoms with Crippen molar-refractivity contribution >= 4 is 22.8 Å². The molecule has 0 bridgehead atoms. The third-order valence-corrected chi connectivity index (χ3v) is 3.44. The van der Waals surface area contributed by atoms with Crippen LogP contribution in [-0.4, -0.2) is 26.0 Å². The Morgan fingerprint density at radius 1 is 1.32 bits per heavy atom. The number of aryl methyl sites for hydroxylation is 1. The van der Waals surface area contributed by atoms with Crippen LogP contribution in [0.4, 0.5) is 0 Å². The fourth-order valence-electron chi connectivity index (χ4n) is 2.49. The fraction of sp³-hybridized carbons (Fsp3) is 0.312. The van der Waals surface area contributed by atoms with Gasteiger partial charge in [0.05, 0.1) is 23.6 Å². The summed E-state index contributed by atoms with van der Waals surface area (Å²) in [5.41, 5.74) is 1.86. The van der Waals surface area contributed by atoms with E-state index in [9.17, 15) is 9.59 Å². The largest absolute Gasteiger partial charge is 0.463 e. The maximum Gasteiger partial charge on any atom is 0.310 e. The van der Waals surface area contributed by atoms with E-state index >= 15 is 0 Å². The zero-order chi connectivity index (χ0) is 15.9. The predicted molar refractivity (Wildman–Crippen MR) is 82.9 cm³/mol. The highest BCUT2D eigenvalue weighted by molar-refractivity contribution is 5.79. The smallest absolute Gasteiger partial charge is 0.310 e. The summed E-state index contributed by atoms with van der Waals surface area (Å²) >= 11 is 0. The number of carbonyl (C=O) groups excluding carboxylic acids is 1. The molecule has 0 aliphatic heterocycles. The van der Waals surface area contributed by atoms with Crippen LogP contribution in [0.1, 0.15) is 19.4 Å². The Morgan fingerprint density at radius 3 is 2.77 bits per heavy atom. The van der Waals surface area contributed by atoms with Gasteiger partial charge >= 0.3 is 5.97 Å². The van der Waals surface area contributed by atoms with Gasteiger partial charge in [-0.25, -0.2) is 4.98 Å².